The average molecular weight is 476 g/mol. The number of amides is 2. The van der Waals surface area contributed by atoms with E-state index in [1.54, 1.807) is 6.92 Å². The van der Waals surface area contributed by atoms with Gasteiger partial charge in [-0.05, 0) is 48.4 Å². The molecule has 0 saturated carbocycles. The monoisotopic (exact) mass is 475 g/mol. The minimum Gasteiger partial charge on any atom is -0.481 e. The molecule has 1 aliphatic carbocycles. The van der Waals surface area contributed by atoms with E-state index in [0.717, 1.165) is 22.3 Å². The van der Waals surface area contributed by atoms with Crippen molar-refractivity contribution in [3.05, 3.63) is 59.7 Å². The van der Waals surface area contributed by atoms with E-state index in [2.05, 4.69) is 23.5 Å². The van der Waals surface area contributed by atoms with Crippen molar-refractivity contribution in [3.63, 3.8) is 0 Å². The van der Waals surface area contributed by atoms with Crippen LogP contribution < -0.4 is 5.32 Å². The number of carboxylic acid groups (broad SMARTS) is 1. The molecule has 2 aromatic rings. The number of carbonyl (C=O) groups excluding carboxylic acids is 2. The Morgan fingerprint density at radius 3 is 2.29 bits per heavy atom. The summed E-state index contributed by atoms with van der Waals surface area (Å²) < 4.78 is 5.59. The molecule has 2 N–H and O–H groups in total. The van der Waals surface area contributed by atoms with Gasteiger partial charge in [-0.3, -0.25) is 9.59 Å². The summed E-state index contributed by atoms with van der Waals surface area (Å²) in [5.41, 5.74) is 3.48. The lowest BCUT2D eigenvalue weighted by Gasteiger charge is -2.46. The molecule has 0 aromatic heterocycles. The average Bonchev–Trinajstić information content (AvgIpc) is 3.15. The zero-order valence-electron chi connectivity index (χ0n) is 19.7. The standard InChI is InChI=1S/C27H29N3O5/c1-27(25(32)33)16-30(17-27)24(31)23(13-3-2-8-14-28)29-26(34)35-15-22-20-11-6-4-9-18(20)19-10-5-7-12-21(19)22/h4-7,9-12,22-23H,2-3,8,13,15-17H2,1H3,(H,29,34)(H,32,33). The number of carboxylic acids is 1. The molecule has 182 valence electrons. The van der Waals surface area contributed by atoms with E-state index in [0.29, 0.717) is 25.7 Å². The van der Waals surface area contributed by atoms with Crippen LogP contribution in [0.25, 0.3) is 11.1 Å². The lowest BCUT2D eigenvalue weighted by atomic mass is 9.81. The number of fused-ring (bicyclic) bond motifs is 3. The first-order valence-corrected chi connectivity index (χ1v) is 11.8. The zero-order valence-corrected chi connectivity index (χ0v) is 19.7. The number of benzene rings is 2. The molecule has 35 heavy (non-hydrogen) atoms. The molecule has 1 aliphatic heterocycles. The number of alkyl carbamates (subject to hydrolysis) is 1. The Morgan fingerprint density at radius 2 is 1.71 bits per heavy atom. The van der Waals surface area contributed by atoms with Gasteiger partial charge in [-0.1, -0.05) is 48.5 Å². The van der Waals surface area contributed by atoms with Gasteiger partial charge in [0.15, 0.2) is 0 Å². The second kappa shape index (κ2) is 10.2. The molecule has 8 nitrogen and oxygen atoms in total. The summed E-state index contributed by atoms with van der Waals surface area (Å²) >= 11 is 0. The van der Waals surface area contributed by atoms with E-state index < -0.39 is 23.5 Å². The summed E-state index contributed by atoms with van der Waals surface area (Å²) in [7, 11) is 0. The van der Waals surface area contributed by atoms with Crippen molar-refractivity contribution in [3.8, 4) is 17.2 Å². The van der Waals surface area contributed by atoms with Gasteiger partial charge in [-0.25, -0.2) is 4.79 Å². The molecule has 1 fully saturated rings. The van der Waals surface area contributed by atoms with Crippen LogP contribution in [0.5, 0.6) is 0 Å². The zero-order chi connectivity index (χ0) is 25.0. The highest BCUT2D eigenvalue weighted by Gasteiger charge is 2.48. The number of hydrogen-bond acceptors (Lipinski definition) is 5. The molecule has 2 aromatic carbocycles. The van der Waals surface area contributed by atoms with Crippen molar-refractivity contribution in [2.45, 2.75) is 44.6 Å². The number of rotatable bonds is 9. The number of aliphatic carboxylic acids is 1. The van der Waals surface area contributed by atoms with Crippen molar-refractivity contribution in [1.82, 2.24) is 10.2 Å². The smallest absolute Gasteiger partial charge is 0.407 e. The molecule has 0 radical (unpaired) electrons. The predicted molar refractivity (Wildman–Crippen MR) is 128 cm³/mol. The molecule has 1 saturated heterocycles. The highest BCUT2D eigenvalue weighted by molar-refractivity contribution is 5.88. The van der Waals surface area contributed by atoms with Crippen molar-refractivity contribution < 1.29 is 24.2 Å². The maximum atomic E-state index is 13.0. The molecule has 0 bridgehead atoms. The van der Waals surface area contributed by atoms with Crippen LogP contribution in [0.1, 0.15) is 49.7 Å². The van der Waals surface area contributed by atoms with E-state index >= 15 is 0 Å². The molecule has 4 rings (SSSR count). The van der Waals surface area contributed by atoms with Gasteiger partial charge in [0.05, 0.1) is 11.5 Å². The van der Waals surface area contributed by atoms with Crippen molar-refractivity contribution in [2.75, 3.05) is 19.7 Å². The summed E-state index contributed by atoms with van der Waals surface area (Å²) in [4.78, 5) is 38.6. The number of hydrogen-bond donors (Lipinski definition) is 2. The highest BCUT2D eigenvalue weighted by Crippen LogP contribution is 2.44. The Hall–Kier alpha value is -3.86. The third kappa shape index (κ3) is 4.99. The lowest BCUT2D eigenvalue weighted by molar-refractivity contribution is -0.164. The first kappa shape index (κ1) is 24.3. The van der Waals surface area contributed by atoms with Crippen molar-refractivity contribution in [2.24, 2.45) is 5.41 Å². The van der Waals surface area contributed by atoms with E-state index in [4.69, 9.17) is 10.00 Å². The largest absolute Gasteiger partial charge is 0.481 e. The Balaban J connectivity index is 1.39. The summed E-state index contributed by atoms with van der Waals surface area (Å²) in [6, 6.07) is 17.3. The molecule has 2 amide bonds. The SMILES string of the molecule is CC1(C(=O)O)CN(C(=O)C(CCCCC#N)NC(=O)OCC2c3ccccc3-c3ccccc32)C1. The highest BCUT2D eigenvalue weighted by atomic mass is 16.5. The number of likely N-dealkylation sites (tertiary alicyclic amines) is 1. The fourth-order valence-corrected chi connectivity index (χ4v) is 4.90. The number of nitrogens with zero attached hydrogens (tertiary/aromatic N) is 2. The topological polar surface area (TPSA) is 120 Å². The Morgan fingerprint density at radius 1 is 1.11 bits per heavy atom. The molecule has 1 heterocycles. The van der Waals surface area contributed by atoms with E-state index in [1.165, 1.54) is 4.90 Å². The van der Waals surface area contributed by atoms with Gasteiger partial charge < -0.3 is 20.1 Å². The lowest BCUT2D eigenvalue weighted by Crippen LogP contribution is -2.64. The summed E-state index contributed by atoms with van der Waals surface area (Å²) in [5, 5.41) is 20.8. The minimum absolute atomic E-state index is 0.0930. The summed E-state index contributed by atoms with van der Waals surface area (Å²) in [5.74, 6) is -1.37. The predicted octanol–water partition coefficient (Wildman–Crippen LogP) is 3.91. The third-order valence-corrected chi connectivity index (χ3v) is 6.87. The second-order valence-electron chi connectivity index (χ2n) is 9.49. The van der Waals surface area contributed by atoms with Gasteiger partial charge in [-0.2, -0.15) is 5.26 Å². The van der Waals surface area contributed by atoms with E-state index in [9.17, 15) is 19.5 Å². The van der Waals surface area contributed by atoms with Crippen LogP contribution in [0.4, 0.5) is 4.79 Å². The Bertz CT molecular complexity index is 1120. The van der Waals surface area contributed by atoms with Crippen molar-refractivity contribution >= 4 is 18.0 Å². The van der Waals surface area contributed by atoms with Crippen LogP contribution in [0, 0.1) is 16.7 Å². The molecular weight excluding hydrogens is 446 g/mol. The molecular formula is C27H29N3O5. The summed E-state index contributed by atoms with van der Waals surface area (Å²) in [6.07, 6.45) is 1.22. The van der Waals surface area contributed by atoms with Gasteiger partial charge in [0.1, 0.15) is 12.6 Å². The normalized spacial score (nSPS) is 16.3. The van der Waals surface area contributed by atoms with Crippen LogP contribution in [-0.4, -0.2) is 53.7 Å². The minimum atomic E-state index is -0.967. The molecule has 1 unspecified atom stereocenters. The first-order chi connectivity index (χ1) is 16.8. The fraction of sp³-hybridized carbons (Fsp3) is 0.407. The van der Waals surface area contributed by atoms with E-state index in [1.807, 2.05) is 36.4 Å². The first-order valence-electron chi connectivity index (χ1n) is 11.8. The Kier molecular flexibility index (Phi) is 7.06. The maximum Gasteiger partial charge on any atom is 0.407 e. The second-order valence-corrected chi connectivity index (χ2v) is 9.49. The maximum absolute atomic E-state index is 13.0. The molecule has 8 heteroatoms. The molecule has 0 spiro atoms. The van der Waals surface area contributed by atoms with Gasteiger partial charge in [-0.15, -0.1) is 0 Å². The molecule has 2 aliphatic rings. The van der Waals surface area contributed by atoms with Crippen LogP contribution in [0.15, 0.2) is 48.5 Å². The van der Waals surface area contributed by atoms with Gasteiger partial charge >= 0.3 is 12.1 Å². The number of carbonyl (C=O) groups is 3. The van der Waals surface area contributed by atoms with Crippen molar-refractivity contribution in [1.29, 1.82) is 5.26 Å². The number of ether oxygens (including phenoxy) is 1. The quantitative estimate of drug-likeness (QED) is 0.531. The van der Waals surface area contributed by atoms with Gasteiger partial charge in [0.2, 0.25) is 5.91 Å². The number of nitrogens with one attached hydrogen (secondary N) is 1. The third-order valence-electron chi connectivity index (χ3n) is 6.87. The van der Waals surface area contributed by atoms with E-state index in [-0.39, 0.29) is 31.5 Å². The van der Waals surface area contributed by atoms with Crippen LogP contribution in [0.3, 0.4) is 0 Å². The molecule has 1 atom stereocenters. The number of nitriles is 1. The van der Waals surface area contributed by atoms with Crippen LogP contribution in [-0.2, 0) is 14.3 Å². The Labute approximate surface area is 204 Å². The van der Waals surface area contributed by atoms with Crippen LogP contribution in [0.2, 0.25) is 0 Å². The van der Waals surface area contributed by atoms with Crippen LogP contribution >= 0.6 is 0 Å². The van der Waals surface area contributed by atoms with Gasteiger partial charge in [0, 0.05) is 25.4 Å². The fourth-order valence-electron chi connectivity index (χ4n) is 4.90. The summed E-state index contributed by atoms with van der Waals surface area (Å²) in [6.45, 7) is 1.93. The van der Waals surface area contributed by atoms with Gasteiger partial charge in [0.25, 0.3) is 0 Å². The number of unbranched alkanes of at least 4 members (excludes halogenated alkanes) is 2.